The molecule has 8 heteroatoms. The van der Waals surface area contributed by atoms with Gasteiger partial charge in [-0.1, -0.05) is 42.5 Å². The summed E-state index contributed by atoms with van der Waals surface area (Å²) >= 11 is 0. The molecule has 0 saturated heterocycles. The Morgan fingerprint density at radius 1 is 0.800 bits per heavy atom. The smallest absolute Gasteiger partial charge is 0.489 e. The number of aromatic nitrogens is 2. The van der Waals surface area contributed by atoms with Crippen LogP contribution in [0.3, 0.4) is 0 Å². The standard InChI is InChI=1S/C22H18N2O5.Na/c25-21-23-22(26)29-24(21)14-16-9-11-18(12-10-16)27-15-17-5-4-8-20(13-17)28-19-6-2-1-3-7-19;/h1-13H,14-15H2,(H,23,25,26);/q;+1/p-1. The maximum atomic E-state index is 11.4. The SMILES string of the molecule is O=c1[n-]c(=O)n(Cc2ccc(OCc3cccc(Oc4ccccc4)c3)cc2)o1.[Na+]. The molecule has 30 heavy (non-hydrogen) atoms. The average Bonchev–Trinajstić information content (AvgIpc) is 3.05. The number of hydrogen-bond acceptors (Lipinski definition) is 5. The molecule has 3 aromatic carbocycles. The molecule has 0 aliphatic carbocycles. The molecule has 0 bridgehead atoms. The maximum Gasteiger partial charge on any atom is 1.00 e. The molecular weight excluding hydrogens is 395 g/mol. The Hall–Kier alpha value is -3.00. The Morgan fingerprint density at radius 2 is 1.53 bits per heavy atom. The van der Waals surface area contributed by atoms with E-state index in [9.17, 15) is 9.59 Å². The third-order valence-electron chi connectivity index (χ3n) is 4.12. The van der Waals surface area contributed by atoms with E-state index in [2.05, 4.69) is 4.98 Å². The van der Waals surface area contributed by atoms with Crippen molar-refractivity contribution in [2.45, 2.75) is 13.2 Å². The van der Waals surface area contributed by atoms with Crippen molar-refractivity contribution >= 4 is 0 Å². The van der Waals surface area contributed by atoms with E-state index in [0.29, 0.717) is 12.4 Å². The van der Waals surface area contributed by atoms with Crippen molar-refractivity contribution in [3.05, 3.63) is 111 Å². The summed E-state index contributed by atoms with van der Waals surface area (Å²) in [5.41, 5.74) is 1.06. The van der Waals surface area contributed by atoms with Gasteiger partial charge in [0.05, 0.1) is 0 Å². The summed E-state index contributed by atoms with van der Waals surface area (Å²) in [5, 5.41) is 0. The first-order valence-electron chi connectivity index (χ1n) is 8.94. The van der Waals surface area contributed by atoms with Gasteiger partial charge in [-0.2, -0.15) is 0 Å². The molecule has 7 nitrogen and oxygen atoms in total. The van der Waals surface area contributed by atoms with Crippen LogP contribution in [0.25, 0.3) is 0 Å². The summed E-state index contributed by atoms with van der Waals surface area (Å²) in [6.45, 7) is 0.514. The van der Waals surface area contributed by atoms with E-state index < -0.39 is 11.4 Å². The zero-order valence-electron chi connectivity index (χ0n) is 16.4. The Labute approximate surface area is 194 Å². The van der Waals surface area contributed by atoms with Crippen LogP contribution >= 0.6 is 0 Å². The van der Waals surface area contributed by atoms with Gasteiger partial charge in [-0.25, -0.2) is 4.79 Å². The van der Waals surface area contributed by atoms with E-state index in [1.165, 1.54) is 0 Å². The van der Waals surface area contributed by atoms with E-state index in [1.54, 1.807) is 24.3 Å². The summed E-state index contributed by atoms with van der Waals surface area (Å²) in [7, 11) is 0. The topological polar surface area (TPSA) is 84.8 Å². The second-order valence-corrected chi connectivity index (χ2v) is 6.28. The molecule has 1 heterocycles. The van der Waals surface area contributed by atoms with Crippen molar-refractivity contribution in [3.63, 3.8) is 0 Å². The van der Waals surface area contributed by atoms with Crippen LogP contribution in [-0.4, -0.2) is 4.74 Å². The fraction of sp³-hybridized carbons (Fsp3) is 0.0909. The summed E-state index contributed by atoms with van der Waals surface area (Å²) in [6, 6.07) is 24.4. The first-order chi connectivity index (χ1) is 14.2. The van der Waals surface area contributed by atoms with Gasteiger partial charge in [0, 0.05) is 6.54 Å². The Morgan fingerprint density at radius 3 is 2.23 bits per heavy atom. The molecule has 4 rings (SSSR count). The predicted molar refractivity (Wildman–Crippen MR) is 105 cm³/mol. The molecule has 0 saturated carbocycles. The molecule has 0 aliphatic rings. The van der Waals surface area contributed by atoms with Crippen LogP contribution in [-0.2, 0) is 13.2 Å². The Balaban J connectivity index is 0.00000256. The number of nitrogens with zero attached hydrogens (tertiary/aromatic N) is 2. The van der Waals surface area contributed by atoms with Gasteiger partial charge in [0.25, 0.3) is 0 Å². The van der Waals surface area contributed by atoms with E-state index >= 15 is 0 Å². The van der Waals surface area contributed by atoms with Gasteiger partial charge in [-0.05, 0) is 47.5 Å². The number of para-hydroxylation sites is 1. The Bertz CT molecular complexity index is 1200. The van der Waals surface area contributed by atoms with E-state index in [0.717, 1.165) is 27.4 Å². The largest absolute Gasteiger partial charge is 1.00 e. The molecule has 1 aromatic heterocycles. The second-order valence-electron chi connectivity index (χ2n) is 6.28. The van der Waals surface area contributed by atoms with E-state index in [-0.39, 0.29) is 36.1 Å². The Kier molecular flexibility index (Phi) is 7.35. The normalized spacial score (nSPS) is 10.3. The van der Waals surface area contributed by atoms with Gasteiger partial charge in [-0.15, -0.1) is 0 Å². The van der Waals surface area contributed by atoms with Gasteiger partial charge < -0.3 is 19.0 Å². The number of ether oxygens (including phenoxy) is 2. The third-order valence-corrected chi connectivity index (χ3v) is 4.12. The van der Waals surface area contributed by atoms with Gasteiger partial charge in [0.1, 0.15) is 23.9 Å². The molecule has 0 atom stereocenters. The van der Waals surface area contributed by atoms with Crippen LogP contribution in [0.5, 0.6) is 17.2 Å². The molecule has 0 N–H and O–H groups in total. The minimum Gasteiger partial charge on any atom is -0.489 e. The molecule has 0 aliphatic heterocycles. The van der Waals surface area contributed by atoms with Crippen molar-refractivity contribution < 1.29 is 43.6 Å². The fourth-order valence-electron chi connectivity index (χ4n) is 2.73. The van der Waals surface area contributed by atoms with E-state index in [4.69, 9.17) is 14.0 Å². The van der Waals surface area contributed by atoms with Crippen molar-refractivity contribution in [3.8, 4) is 17.2 Å². The summed E-state index contributed by atoms with van der Waals surface area (Å²) in [6.07, 6.45) is 0. The van der Waals surface area contributed by atoms with Crippen LogP contribution < -0.4 is 55.5 Å². The number of rotatable bonds is 7. The zero-order valence-corrected chi connectivity index (χ0v) is 18.4. The molecule has 0 spiro atoms. The fourth-order valence-corrected chi connectivity index (χ4v) is 2.73. The van der Waals surface area contributed by atoms with Crippen molar-refractivity contribution in [1.29, 1.82) is 0 Å². The van der Waals surface area contributed by atoms with Gasteiger partial charge >= 0.3 is 35.3 Å². The molecular formula is C22H17N2NaO5. The van der Waals surface area contributed by atoms with Crippen LogP contribution in [0.2, 0.25) is 0 Å². The van der Waals surface area contributed by atoms with Crippen LogP contribution in [0.1, 0.15) is 11.1 Å². The summed E-state index contributed by atoms with van der Waals surface area (Å²) in [5.74, 6) is 1.30. The molecule has 0 fully saturated rings. The molecule has 0 radical (unpaired) electrons. The minimum absolute atomic E-state index is 0. The van der Waals surface area contributed by atoms with Gasteiger partial charge in [0.15, 0.2) is 5.69 Å². The average molecular weight is 412 g/mol. The predicted octanol–water partition coefficient (Wildman–Crippen LogP) is 0.182. The number of hydrogen-bond donors (Lipinski definition) is 0. The first-order valence-corrected chi connectivity index (χ1v) is 8.94. The second kappa shape index (κ2) is 10.2. The molecule has 0 amide bonds. The van der Waals surface area contributed by atoms with Crippen LogP contribution in [0, 0.1) is 0 Å². The van der Waals surface area contributed by atoms with Crippen molar-refractivity contribution in [2.75, 3.05) is 0 Å². The minimum atomic E-state index is -0.895. The van der Waals surface area contributed by atoms with Crippen LogP contribution in [0.4, 0.5) is 0 Å². The maximum absolute atomic E-state index is 11.4. The summed E-state index contributed by atoms with van der Waals surface area (Å²) < 4.78 is 17.3. The van der Waals surface area contributed by atoms with Gasteiger partial charge in [0.2, 0.25) is 0 Å². The van der Waals surface area contributed by atoms with Crippen molar-refractivity contribution in [2.24, 2.45) is 0 Å². The molecule has 4 aromatic rings. The molecule has 0 unspecified atom stereocenters. The quantitative estimate of drug-likeness (QED) is 0.403. The number of benzene rings is 3. The zero-order chi connectivity index (χ0) is 20.1. The van der Waals surface area contributed by atoms with Crippen molar-refractivity contribution in [1.82, 2.24) is 9.72 Å². The molecule has 146 valence electrons. The van der Waals surface area contributed by atoms with Crippen LogP contribution in [0.15, 0.2) is 93.0 Å². The first kappa shape index (κ1) is 21.7. The monoisotopic (exact) mass is 412 g/mol. The third kappa shape index (κ3) is 5.76. The van der Waals surface area contributed by atoms with E-state index in [1.807, 2.05) is 54.6 Å². The summed E-state index contributed by atoms with van der Waals surface area (Å²) in [4.78, 5) is 25.6. The van der Waals surface area contributed by atoms with Gasteiger partial charge in [-0.3, -0.25) is 9.53 Å².